The molecule has 2 aliphatic heterocycles. The maximum atomic E-state index is 12.9. The fraction of sp³-hybridized carbons (Fsp3) is 0.389. The van der Waals surface area contributed by atoms with Crippen LogP contribution >= 0.6 is 22.7 Å². The molecule has 0 radical (unpaired) electrons. The molecule has 8 heteroatoms. The van der Waals surface area contributed by atoms with Crippen LogP contribution < -0.4 is 4.90 Å². The van der Waals surface area contributed by atoms with Crippen LogP contribution in [-0.2, 0) is 17.8 Å². The van der Waals surface area contributed by atoms with E-state index < -0.39 is 0 Å². The topological polar surface area (TPSA) is 60.9 Å². The molecule has 0 saturated carbocycles. The maximum absolute atomic E-state index is 12.9. The number of rotatable bonds is 2. The molecule has 0 atom stereocenters. The lowest BCUT2D eigenvalue weighted by molar-refractivity contribution is -0.118. The third-order valence-electron chi connectivity index (χ3n) is 4.89. The molecule has 2 aromatic heterocycles. The second kappa shape index (κ2) is 6.51. The number of hydrogen-bond donors (Lipinski definition) is 0. The number of anilines is 1. The van der Waals surface area contributed by atoms with Gasteiger partial charge in [-0.1, -0.05) is 0 Å². The van der Waals surface area contributed by atoms with Crippen molar-refractivity contribution in [3.05, 3.63) is 38.4 Å². The monoisotopic (exact) mass is 389 g/mol. The molecular weight excluding hydrogens is 370 g/mol. The summed E-state index contributed by atoms with van der Waals surface area (Å²) in [5, 5.41) is 4.49. The third kappa shape index (κ3) is 2.64. The smallest absolute Gasteiger partial charge is 0.257 e. The quantitative estimate of drug-likeness (QED) is 0.793. The summed E-state index contributed by atoms with van der Waals surface area (Å²) in [6.07, 6.45) is 0.641. The average Bonchev–Trinajstić information content (AvgIpc) is 3.26. The van der Waals surface area contributed by atoms with Gasteiger partial charge in [0.15, 0.2) is 0 Å². The van der Waals surface area contributed by atoms with Crippen molar-refractivity contribution in [3.63, 3.8) is 0 Å². The molecule has 4 rings (SSSR count). The van der Waals surface area contributed by atoms with Gasteiger partial charge in [0.05, 0.1) is 17.7 Å². The van der Waals surface area contributed by atoms with Crippen LogP contribution in [0.5, 0.6) is 0 Å². The zero-order chi connectivity index (χ0) is 18.4. The van der Waals surface area contributed by atoms with Gasteiger partial charge >= 0.3 is 0 Å². The lowest BCUT2D eigenvalue weighted by Gasteiger charge is -2.27. The number of amides is 3. The summed E-state index contributed by atoms with van der Waals surface area (Å²) in [4.78, 5) is 44.0. The summed E-state index contributed by atoms with van der Waals surface area (Å²) >= 11 is 2.98. The fourth-order valence-electron chi connectivity index (χ4n) is 3.53. The van der Waals surface area contributed by atoms with Gasteiger partial charge in [0.2, 0.25) is 5.91 Å². The SMILES string of the molecule is CCN1C(=O)CN(C)C(=O)c2c1sc1c2CCN(C(=O)c2ccsc2)C1. The molecule has 0 aliphatic carbocycles. The number of carbonyl (C=O) groups is 3. The Morgan fingerprint density at radius 3 is 2.77 bits per heavy atom. The van der Waals surface area contributed by atoms with E-state index >= 15 is 0 Å². The molecule has 0 bridgehead atoms. The first-order valence-electron chi connectivity index (χ1n) is 8.53. The van der Waals surface area contributed by atoms with Crippen LogP contribution in [0, 0.1) is 0 Å². The number of thiophene rings is 2. The zero-order valence-electron chi connectivity index (χ0n) is 14.7. The van der Waals surface area contributed by atoms with Crippen molar-refractivity contribution >= 4 is 45.4 Å². The minimum absolute atomic E-state index is 0.0207. The van der Waals surface area contributed by atoms with Crippen LogP contribution in [0.3, 0.4) is 0 Å². The van der Waals surface area contributed by atoms with E-state index in [2.05, 4.69) is 0 Å². The number of hydrogen-bond acceptors (Lipinski definition) is 5. The van der Waals surface area contributed by atoms with Crippen molar-refractivity contribution in [1.82, 2.24) is 9.80 Å². The van der Waals surface area contributed by atoms with E-state index in [1.54, 1.807) is 11.9 Å². The van der Waals surface area contributed by atoms with Crippen LogP contribution in [-0.4, -0.2) is 54.2 Å². The Morgan fingerprint density at radius 1 is 1.27 bits per heavy atom. The Bertz CT molecular complexity index is 888. The highest BCUT2D eigenvalue weighted by Gasteiger charge is 2.36. The Morgan fingerprint density at radius 2 is 2.08 bits per heavy atom. The van der Waals surface area contributed by atoms with Crippen molar-refractivity contribution < 1.29 is 14.4 Å². The second-order valence-corrected chi connectivity index (χ2v) is 8.34. The molecule has 3 amide bonds. The van der Waals surface area contributed by atoms with Crippen LogP contribution in [0.2, 0.25) is 0 Å². The van der Waals surface area contributed by atoms with Crippen LogP contribution in [0.25, 0.3) is 0 Å². The van der Waals surface area contributed by atoms with E-state index in [0.717, 1.165) is 15.4 Å². The predicted molar refractivity (Wildman–Crippen MR) is 102 cm³/mol. The van der Waals surface area contributed by atoms with Crippen molar-refractivity contribution in [2.24, 2.45) is 0 Å². The minimum Gasteiger partial charge on any atom is -0.333 e. The van der Waals surface area contributed by atoms with E-state index in [9.17, 15) is 14.4 Å². The van der Waals surface area contributed by atoms with Gasteiger partial charge in [0, 0.05) is 30.4 Å². The van der Waals surface area contributed by atoms with Gasteiger partial charge in [-0.2, -0.15) is 11.3 Å². The van der Waals surface area contributed by atoms with Gasteiger partial charge in [-0.3, -0.25) is 14.4 Å². The largest absolute Gasteiger partial charge is 0.333 e. The Labute approximate surface area is 159 Å². The molecule has 0 N–H and O–H groups in total. The summed E-state index contributed by atoms with van der Waals surface area (Å²) in [6, 6.07) is 1.84. The summed E-state index contributed by atoms with van der Waals surface area (Å²) in [6.45, 7) is 3.63. The Hall–Kier alpha value is -2.19. The Balaban J connectivity index is 1.72. The zero-order valence-corrected chi connectivity index (χ0v) is 16.3. The molecule has 0 aromatic carbocycles. The summed E-state index contributed by atoms with van der Waals surface area (Å²) in [5.41, 5.74) is 2.37. The van der Waals surface area contributed by atoms with Gasteiger partial charge in [-0.05, 0) is 30.4 Å². The minimum atomic E-state index is -0.0978. The van der Waals surface area contributed by atoms with E-state index in [1.165, 1.54) is 27.6 Å². The van der Waals surface area contributed by atoms with Crippen molar-refractivity contribution in [3.8, 4) is 0 Å². The van der Waals surface area contributed by atoms with Crippen LogP contribution in [0.15, 0.2) is 16.8 Å². The van der Waals surface area contributed by atoms with Gasteiger partial charge < -0.3 is 14.7 Å². The normalized spacial score (nSPS) is 17.2. The predicted octanol–water partition coefficient (Wildman–Crippen LogP) is 2.45. The van der Waals surface area contributed by atoms with Crippen LogP contribution in [0.4, 0.5) is 5.00 Å². The molecule has 6 nitrogen and oxygen atoms in total. The van der Waals surface area contributed by atoms with Crippen molar-refractivity contribution in [1.29, 1.82) is 0 Å². The van der Waals surface area contributed by atoms with E-state index in [1.807, 2.05) is 28.7 Å². The van der Waals surface area contributed by atoms with E-state index in [0.29, 0.717) is 37.2 Å². The number of fused-ring (bicyclic) bond motifs is 3. The molecule has 0 unspecified atom stereocenters. The number of carbonyl (C=O) groups excluding carboxylic acids is 3. The van der Waals surface area contributed by atoms with Gasteiger partial charge in [-0.25, -0.2) is 0 Å². The maximum Gasteiger partial charge on any atom is 0.257 e. The second-order valence-electron chi connectivity index (χ2n) is 6.47. The average molecular weight is 390 g/mol. The van der Waals surface area contributed by atoms with Gasteiger partial charge in [0.25, 0.3) is 11.8 Å². The van der Waals surface area contributed by atoms with E-state index in [4.69, 9.17) is 0 Å². The first-order valence-corrected chi connectivity index (χ1v) is 10.3. The van der Waals surface area contributed by atoms with E-state index in [-0.39, 0.29) is 24.3 Å². The van der Waals surface area contributed by atoms with Gasteiger partial charge in [0.1, 0.15) is 11.5 Å². The van der Waals surface area contributed by atoms with Crippen molar-refractivity contribution in [2.45, 2.75) is 19.9 Å². The lowest BCUT2D eigenvalue weighted by Crippen LogP contribution is -2.38. The van der Waals surface area contributed by atoms with Gasteiger partial charge in [-0.15, -0.1) is 11.3 Å². The lowest BCUT2D eigenvalue weighted by atomic mass is 10.0. The molecule has 136 valence electrons. The molecule has 2 aromatic rings. The summed E-state index contributed by atoms with van der Waals surface area (Å²) in [7, 11) is 1.67. The molecule has 4 heterocycles. The standard InChI is InChI=1S/C18H19N3O3S2/c1-3-21-14(22)9-19(2)17(24)15-12-4-6-20(8-13(12)26-18(15)21)16(23)11-5-7-25-10-11/h5,7,10H,3-4,6,8-9H2,1-2H3. The third-order valence-corrected chi connectivity index (χ3v) is 6.81. The molecule has 0 fully saturated rings. The molecule has 0 saturated heterocycles. The first-order chi connectivity index (χ1) is 12.5. The highest BCUT2D eigenvalue weighted by Crippen LogP contribution is 2.41. The first kappa shape index (κ1) is 17.2. The highest BCUT2D eigenvalue weighted by molar-refractivity contribution is 7.17. The number of likely N-dealkylation sites (N-methyl/N-ethyl adjacent to an activating group) is 2. The highest BCUT2D eigenvalue weighted by atomic mass is 32.1. The number of nitrogens with zero attached hydrogens (tertiary/aromatic N) is 3. The molecular formula is C18H19N3O3S2. The molecule has 0 spiro atoms. The fourth-order valence-corrected chi connectivity index (χ4v) is 5.59. The molecule has 2 aliphatic rings. The Kier molecular flexibility index (Phi) is 4.32. The van der Waals surface area contributed by atoms with Crippen molar-refractivity contribution in [2.75, 3.05) is 31.6 Å². The van der Waals surface area contributed by atoms with Crippen LogP contribution in [0.1, 0.15) is 38.1 Å². The summed E-state index contributed by atoms with van der Waals surface area (Å²) < 4.78 is 0. The summed E-state index contributed by atoms with van der Waals surface area (Å²) in [5.74, 6) is -0.140. The molecule has 26 heavy (non-hydrogen) atoms.